The van der Waals surface area contributed by atoms with Crippen molar-refractivity contribution in [3.05, 3.63) is 27.4 Å². The van der Waals surface area contributed by atoms with Crippen molar-refractivity contribution in [2.75, 3.05) is 18.1 Å². The minimum absolute atomic E-state index is 0.452. The fraction of sp³-hybridized carbons (Fsp3) is 0.417. The predicted octanol–water partition coefficient (Wildman–Crippen LogP) is 3.56. The highest BCUT2D eigenvalue weighted by Crippen LogP contribution is 2.32. The third-order valence-electron chi connectivity index (χ3n) is 2.73. The molecule has 1 fully saturated rings. The molecule has 2 aromatic rings. The summed E-state index contributed by atoms with van der Waals surface area (Å²) in [6, 6.07) is 4.78. The van der Waals surface area contributed by atoms with Gasteiger partial charge in [0.05, 0.1) is 16.6 Å². The summed E-state index contributed by atoms with van der Waals surface area (Å²) in [4.78, 5) is 7.40. The number of thioether (sulfide) groups is 1. The summed E-state index contributed by atoms with van der Waals surface area (Å²) < 4.78 is 0. The van der Waals surface area contributed by atoms with Crippen molar-refractivity contribution in [1.29, 1.82) is 0 Å². The number of hydrogen-bond donors (Lipinski definition) is 1. The molecule has 0 aromatic carbocycles. The second-order valence-electron chi connectivity index (χ2n) is 4.06. The Morgan fingerprint density at radius 1 is 1.41 bits per heavy atom. The molecule has 1 aliphatic heterocycles. The molecule has 17 heavy (non-hydrogen) atoms. The van der Waals surface area contributed by atoms with Crippen LogP contribution in [0.2, 0.25) is 0 Å². The van der Waals surface area contributed by atoms with Crippen LogP contribution in [0.1, 0.15) is 15.9 Å². The first-order valence-electron chi connectivity index (χ1n) is 5.66. The number of hydrogen-bond acceptors (Lipinski definition) is 5. The Morgan fingerprint density at radius 2 is 2.35 bits per heavy atom. The highest BCUT2D eigenvalue weighted by molar-refractivity contribution is 7.99. The zero-order chi connectivity index (χ0) is 11.7. The van der Waals surface area contributed by atoms with Crippen molar-refractivity contribution < 1.29 is 0 Å². The minimum atomic E-state index is 0.452. The summed E-state index contributed by atoms with van der Waals surface area (Å²) in [5.74, 6) is 2.37. The van der Waals surface area contributed by atoms with E-state index in [0.717, 1.165) is 18.0 Å². The lowest BCUT2D eigenvalue weighted by Crippen LogP contribution is -2.30. The molecule has 1 saturated heterocycles. The second kappa shape index (κ2) is 5.10. The van der Waals surface area contributed by atoms with Crippen LogP contribution < -0.4 is 5.32 Å². The van der Waals surface area contributed by atoms with Crippen molar-refractivity contribution >= 4 is 34.4 Å². The highest BCUT2D eigenvalue weighted by Gasteiger charge is 2.18. The fourth-order valence-electron chi connectivity index (χ4n) is 1.86. The molecule has 90 valence electrons. The Hall–Kier alpha value is -0.360. The molecule has 5 heteroatoms. The zero-order valence-corrected chi connectivity index (χ0v) is 12.1. The van der Waals surface area contributed by atoms with E-state index in [4.69, 9.17) is 4.98 Å². The first-order chi connectivity index (χ1) is 8.33. The van der Waals surface area contributed by atoms with Gasteiger partial charge in [0.25, 0.3) is 0 Å². The zero-order valence-electron chi connectivity index (χ0n) is 9.60. The molecule has 2 nitrogen and oxygen atoms in total. The molecule has 3 rings (SSSR count). The van der Waals surface area contributed by atoms with Crippen molar-refractivity contribution in [2.45, 2.75) is 13.0 Å². The van der Waals surface area contributed by atoms with Crippen LogP contribution in [0, 0.1) is 6.92 Å². The van der Waals surface area contributed by atoms with E-state index >= 15 is 0 Å². The average molecular weight is 282 g/mol. The second-order valence-corrected chi connectivity index (χ2v) is 7.39. The monoisotopic (exact) mass is 282 g/mol. The van der Waals surface area contributed by atoms with Gasteiger partial charge in [-0.05, 0) is 19.1 Å². The SMILES string of the molecule is Cc1ccc(-c2csc(C3CSCCN3)n2)s1. The number of nitrogens with one attached hydrogen (secondary N) is 1. The maximum absolute atomic E-state index is 4.77. The first-order valence-corrected chi connectivity index (χ1v) is 8.51. The largest absolute Gasteiger partial charge is 0.306 e. The number of rotatable bonds is 2. The van der Waals surface area contributed by atoms with Crippen LogP contribution in [0.15, 0.2) is 17.5 Å². The van der Waals surface area contributed by atoms with Crippen LogP contribution in [0.5, 0.6) is 0 Å². The standard InChI is InChI=1S/C12H14N2S3/c1-8-2-3-11(17-8)9-7-16-12(14-9)10-6-15-5-4-13-10/h2-3,7,10,13H,4-6H2,1H3. The summed E-state index contributed by atoms with van der Waals surface area (Å²) in [5.41, 5.74) is 1.14. The van der Waals surface area contributed by atoms with Gasteiger partial charge in [-0.3, -0.25) is 0 Å². The lowest BCUT2D eigenvalue weighted by atomic mass is 10.3. The minimum Gasteiger partial charge on any atom is -0.306 e. The molecular weight excluding hydrogens is 268 g/mol. The molecule has 3 heterocycles. The molecule has 1 atom stereocenters. The van der Waals surface area contributed by atoms with Gasteiger partial charge >= 0.3 is 0 Å². The Morgan fingerprint density at radius 3 is 3.06 bits per heavy atom. The smallest absolute Gasteiger partial charge is 0.111 e. The quantitative estimate of drug-likeness (QED) is 0.911. The van der Waals surface area contributed by atoms with Gasteiger partial charge < -0.3 is 5.32 Å². The number of nitrogens with zero attached hydrogens (tertiary/aromatic N) is 1. The van der Waals surface area contributed by atoms with Gasteiger partial charge in [-0.1, -0.05) is 0 Å². The summed E-state index contributed by atoms with van der Waals surface area (Å²) in [6.07, 6.45) is 0. The van der Waals surface area contributed by atoms with Gasteiger partial charge in [0, 0.05) is 28.3 Å². The Kier molecular flexibility index (Phi) is 3.51. The number of thiazole rings is 1. The van der Waals surface area contributed by atoms with Crippen LogP contribution >= 0.6 is 34.4 Å². The lowest BCUT2D eigenvalue weighted by Gasteiger charge is -2.20. The predicted molar refractivity (Wildman–Crippen MR) is 78.2 cm³/mol. The summed E-state index contributed by atoms with van der Waals surface area (Å²) in [6.45, 7) is 3.24. The summed E-state index contributed by atoms with van der Waals surface area (Å²) in [7, 11) is 0. The van der Waals surface area contributed by atoms with Crippen molar-refractivity contribution in [3.8, 4) is 10.6 Å². The summed E-state index contributed by atoms with van der Waals surface area (Å²) in [5, 5.41) is 6.95. The number of aromatic nitrogens is 1. The van der Waals surface area contributed by atoms with Crippen LogP contribution in [0.25, 0.3) is 10.6 Å². The first kappa shape index (κ1) is 11.7. The normalized spacial score (nSPS) is 20.6. The van der Waals surface area contributed by atoms with E-state index in [2.05, 4.69) is 29.8 Å². The topological polar surface area (TPSA) is 24.9 Å². The Bertz CT molecular complexity index is 497. The molecule has 2 aromatic heterocycles. The van der Waals surface area contributed by atoms with Crippen LogP contribution in [-0.4, -0.2) is 23.0 Å². The van der Waals surface area contributed by atoms with E-state index in [1.807, 2.05) is 23.1 Å². The van der Waals surface area contributed by atoms with Crippen LogP contribution in [-0.2, 0) is 0 Å². The van der Waals surface area contributed by atoms with E-state index in [1.54, 1.807) is 11.3 Å². The third-order valence-corrected chi connectivity index (χ3v) is 5.78. The van der Waals surface area contributed by atoms with Gasteiger partial charge in [0.2, 0.25) is 0 Å². The Balaban J connectivity index is 1.82. The maximum atomic E-state index is 4.77. The summed E-state index contributed by atoms with van der Waals surface area (Å²) >= 11 is 5.61. The molecule has 0 saturated carbocycles. The van der Waals surface area contributed by atoms with E-state index in [1.165, 1.54) is 20.5 Å². The Labute approximate surface area is 113 Å². The van der Waals surface area contributed by atoms with Gasteiger partial charge in [-0.2, -0.15) is 11.8 Å². The molecule has 0 amide bonds. The highest BCUT2D eigenvalue weighted by atomic mass is 32.2. The van der Waals surface area contributed by atoms with Gasteiger partial charge in [-0.15, -0.1) is 22.7 Å². The molecule has 0 bridgehead atoms. The van der Waals surface area contributed by atoms with E-state index < -0.39 is 0 Å². The van der Waals surface area contributed by atoms with Gasteiger partial charge in [0.15, 0.2) is 0 Å². The molecule has 0 aliphatic carbocycles. The van der Waals surface area contributed by atoms with Crippen molar-refractivity contribution in [1.82, 2.24) is 10.3 Å². The molecule has 1 unspecified atom stereocenters. The number of aryl methyl sites for hydroxylation is 1. The van der Waals surface area contributed by atoms with E-state index in [0.29, 0.717) is 6.04 Å². The fourth-order valence-corrected chi connectivity index (χ4v) is 4.70. The number of thiophene rings is 1. The van der Waals surface area contributed by atoms with Crippen LogP contribution in [0.4, 0.5) is 0 Å². The lowest BCUT2D eigenvalue weighted by molar-refractivity contribution is 0.592. The molecule has 0 spiro atoms. The van der Waals surface area contributed by atoms with Crippen molar-refractivity contribution in [3.63, 3.8) is 0 Å². The molecule has 0 radical (unpaired) electrons. The average Bonchev–Trinajstić information content (AvgIpc) is 2.98. The van der Waals surface area contributed by atoms with Crippen molar-refractivity contribution in [2.24, 2.45) is 0 Å². The van der Waals surface area contributed by atoms with E-state index in [9.17, 15) is 0 Å². The molecule has 1 N–H and O–H groups in total. The van der Waals surface area contributed by atoms with E-state index in [-0.39, 0.29) is 0 Å². The maximum Gasteiger partial charge on any atom is 0.111 e. The molecular formula is C12H14N2S3. The molecule has 1 aliphatic rings. The van der Waals surface area contributed by atoms with Gasteiger partial charge in [0.1, 0.15) is 5.01 Å². The van der Waals surface area contributed by atoms with Gasteiger partial charge in [-0.25, -0.2) is 4.98 Å². The third kappa shape index (κ3) is 2.57. The van der Waals surface area contributed by atoms with Crippen LogP contribution in [0.3, 0.4) is 0 Å².